The smallest absolute Gasteiger partial charge is 0.260 e. The highest BCUT2D eigenvalue weighted by Crippen LogP contribution is 2.16. The summed E-state index contributed by atoms with van der Waals surface area (Å²) in [4.78, 5) is 21.7. The van der Waals surface area contributed by atoms with E-state index in [-0.39, 0.29) is 12.5 Å². The zero-order valence-corrected chi connectivity index (χ0v) is 10.9. The van der Waals surface area contributed by atoms with E-state index < -0.39 is 0 Å². The summed E-state index contributed by atoms with van der Waals surface area (Å²) in [7, 11) is 0. The topological polar surface area (TPSA) is 55.3 Å². The summed E-state index contributed by atoms with van der Waals surface area (Å²) in [5.74, 6) is 1.22. The van der Waals surface area contributed by atoms with Crippen LogP contribution < -0.4 is 4.74 Å². The Bertz CT molecular complexity index is 414. The lowest BCUT2D eigenvalue weighted by Gasteiger charge is -2.30. The van der Waals surface area contributed by atoms with Gasteiger partial charge in [0.2, 0.25) is 5.88 Å². The van der Waals surface area contributed by atoms with E-state index in [0.29, 0.717) is 5.88 Å². The molecule has 0 N–H and O–H groups in total. The first-order chi connectivity index (χ1) is 8.65. The van der Waals surface area contributed by atoms with Crippen molar-refractivity contribution in [3.05, 3.63) is 18.1 Å². The van der Waals surface area contributed by atoms with Crippen molar-refractivity contribution in [2.75, 3.05) is 19.7 Å². The molecule has 0 spiro atoms. The third-order valence-corrected chi connectivity index (χ3v) is 3.26. The van der Waals surface area contributed by atoms with Crippen LogP contribution in [0.25, 0.3) is 0 Å². The molecular formula is C13H19N3O2. The number of hydrogen-bond donors (Lipinski definition) is 0. The standard InChI is InChI=1S/C13H19N3O2/c1-10-3-5-16(6-4-10)13(17)8-18-12-7-11(2)14-9-15-12/h7,9-10H,3-6,8H2,1-2H3. The lowest BCUT2D eigenvalue weighted by atomic mass is 9.99. The first-order valence-corrected chi connectivity index (χ1v) is 6.34. The van der Waals surface area contributed by atoms with Gasteiger partial charge < -0.3 is 9.64 Å². The van der Waals surface area contributed by atoms with Gasteiger partial charge in [0.1, 0.15) is 6.33 Å². The molecule has 1 aromatic heterocycles. The lowest BCUT2D eigenvalue weighted by molar-refractivity contribution is -0.134. The summed E-state index contributed by atoms with van der Waals surface area (Å²) in [6.45, 7) is 5.83. The van der Waals surface area contributed by atoms with Gasteiger partial charge >= 0.3 is 0 Å². The van der Waals surface area contributed by atoms with Crippen molar-refractivity contribution in [1.29, 1.82) is 0 Å². The Morgan fingerprint density at radius 3 is 2.83 bits per heavy atom. The van der Waals surface area contributed by atoms with Gasteiger partial charge in [0.05, 0.1) is 0 Å². The molecule has 18 heavy (non-hydrogen) atoms. The minimum atomic E-state index is 0.0400. The molecule has 98 valence electrons. The molecule has 0 radical (unpaired) electrons. The van der Waals surface area contributed by atoms with Crippen molar-refractivity contribution in [2.45, 2.75) is 26.7 Å². The first-order valence-electron chi connectivity index (χ1n) is 6.34. The molecule has 0 aliphatic carbocycles. The Balaban J connectivity index is 1.81. The predicted octanol–water partition coefficient (Wildman–Crippen LogP) is 1.42. The third-order valence-electron chi connectivity index (χ3n) is 3.26. The number of piperidine rings is 1. The summed E-state index contributed by atoms with van der Waals surface area (Å²) in [6, 6.07) is 1.73. The van der Waals surface area contributed by atoms with Crippen LogP contribution in [0.5, 0.6) is 5.88 Å². The fourth-order valence-electron chi connectivity index (χ4n) is 1.99. The van der Waals surface area contributed by atoms with Gasteiger partial charge in [-0.2, -0.15) is 0 Å². The Morgan fingerprint density at radius 1 is 1.44 bits per heavy atom. The lowest BCUT2D eigenvalue weighted by Crippen LogP contribution is -2.40. The minimum Gasteiger partial charge on any atom is -0.467 e. The van der Waals surface area contributed by atoms with Crippen LogP contribution >= 0.6 is 0 Å². The van der Waals surface area contributed by atoms with Crippen LogP contribution in [0.4, 0.5) is 0 Å². The number of carbonyl (C=O) groups excluding carboxylic acids is 1. The van der Waals surface area contributed by atoms with E-state index in [1.54, 1.807) is 6.07 Å². The number of aryl methyl sites for hydroxylation is 1. The molecule has 2 heterocycles. The third kappa shape index (κ3) is 3.42. The maximum absolute atomic E-state index is 11.9. The van der Waals surface area contributed by atoms with Crippen LogP contribution in [-0.4, -0.2) is 40.5 Å². The number of ether oxygens (including phenoxy) is 1. The number of nitrogens with zero attached hydrogens (tertiary/aromatic N) is 3. The van der Waals surface area contributed by atoms with Gasteiger partial charge in [0.15, 0.2) is 6.61 Å². The van der Waals surface area contributed by atoms with Crippen LogP contribution in [0.1, 0.15) is 25.5 Å². The summed E-state index contributed by atoms with van der Waals surface area (Å²) < 4.78 is 5.39. The maximum Gasteiger partial charge on any atom is 0.260 e. The van der Waals surface area contributed by atoms with Gasteiger partial charge in [0.25, 0.3) is 5.91 Å². The molecule has 0 saturated carbocycles. The van der Waals surface area contributed by atoms with E-state index in [1.165, 1.54) is 6.33 Å². The normalized spacial score (nSPS) is 16.7. The molecule has 1 aromatic rings. The molecule has 1 fully saturated rings. The largest absolute Gasteiger partial charge is 0.467 e. The molecule has 1 amide bonds. The highest BCUT2D eigenvalue weighted by molar-refractivity contribution is 5.77. The fraction of sp³-hybridized carbons (Fsp3) is 0.615. The van der Waals surface area contributed by atoms with Gasteiger partial charge in [-0.25, -0.2) is 9.97 Å². The van der Waals surface area contributed by atoms with Crippen LogP contribution in [-0.2, 0) is 4.79 Å². The number of likely N-dealkylation sites (tertiary alicyclic amines) is 1. The van der Waals surface area contributed by atoms with Crippen LogP contribution in [0.2, 0.25) is 0 Å². The van der Waals surface area contributed by atoms with Crippen molar-refractivity contribution in [2.24, 2.45) is 5.92 Å². The molecule has 0 atom stereocenters. The molecule has 5 heteroatoms. The highest BCUT2D eigenvalue weighted by atomic mass is 16.5. The van der Waals surface area contributed by atoms with Crippen molar-refractivity contribution in [3.8, 4) is 5.88 Å². The van der Waals surface area contributed by atoms with E-state index in [1.807, 2.05) is 11.8 Å². The molecule has 0 bridgehead atoms. The van der Waals surface area contributed by atoms with E-state index in [4.69, 9.17) is 4.74 Å². The van der Waals surface area contributed by atoms with Crippen LogP contribution in [0, 0.1) is 12.8 Å². The molecule has 5 nitrogen and oxygen atoms in total. The maximum atomic E-state index is 11.9. The van der Waals surface area contributed by atoms with Gasteiger partial charge in [-0.15, -0.1) is 0 Å². The minimum absolute atomic E-state index is 0.0400. The Morgan fingerprint density at radius 2 is 2.17 bits per heavy atom. The quantitative estimate of drug-likeness (QED) is 0.813. The van der Waals surface area contributed by atoms with E-state index in [9.17, 15) is 4.79 Å². The second-order valence-electron chi connectivity index (χ2n) is 4.85. The SMILES string of the molecule is Cc1cc(OCC(=O)N2CCC(C)CC2)ncn1. The van der Waals surface area contributed by atoms with Crippen molar-refractivity contribution in [3.63, 3.8) is 0 Å². The van der Waals surface area contributed by atoms with E-state index in [2.05, 4.69) is 16.9 Å². The predicted molar refractivity (Wildman–Crippen MR) is 67.2 cm³/mol. The molecule has 1 aliphatic heterocycles. The zero-order chi connectivity index (χ0) is 13.0. The van der Waals surface area contributed by atoms with Crippen molar-refractivity contribution < 1.29 is 9.53 Å². The Kier molecular flexibility index (Phi) is 4.12. The van der Waals surface area contributed by atoms with E-state index >= 15 is 0 Å². The Labute approximate surface area is 107 Å². The number of hydrogen-bond acceptors (Lipinski definition) is 4. The van der Waals surface area contributed by atoms with Crippen LogP contribution in [0.3, 0.4) is 0 Å². The van der Waals surface area contributed by atoms with Crippen molar-refractivity contribution >= 4 is 5.91 Å². The molecule has 2 rings (SSSR count). The molecular weight excluding hydrogens is 230 g/mol. The van der Waals surface area contributed by atoms with E-state index in [0.717, 1.165) is 37.5 Å². The van der Waals surface area contributed by atoms with Gasteiger partial charge in [-0.1, -0.05) is 6.92 Å². The average molecular weight is 249 g/mol. The van der Waals surface area contributed by atoms with Gasteiger partial charge in [-0.05, 0) is 25.7 Å². The number of carbonyl (C=O) groups is 1. The molecule has 1 aliphatic rings. The molecule has 0 unspecified atom stereocenters. The van der Waals surface area contributed by atoms with Gasteiger partial charge in [-0.3, -0.25) is 4.79 Å². The van der Waals surface area contributed by atoms with Crippen LogP contribution in [0.15, 0.2) is 12.4 Å². The summed E-state index contributed by atoms with van der Waals surface area (Å²) >= 11 is 0. The molecule has 1 saturated heterocycles. The second-order valence-corrected chi connectivity index (χ2v) is 4.85. The first kappa shape index (κ1) is 12.8. The fourth-order valence-corrected chi connectivity index (χ4v) is 1.99. The highest BCUT2D eigenvalue weighted by Gasteiger charge is 2.20. The second kappa shape index (κ2) is 5.80. The number of aromatic nitrogens is 2. The number of amides is 1. The summed E-state index contributed by atoms with van der Waals surface area (Å²) in [5.41, 5.74) is 0.833. The summed E-state index contributed by atoms with van der Waals surface area (Å²) in [6.07, 6.45) is 3.61. The monoisotopic (exact) mass is 249 g/mol. The van der Waals surface area contributed by atoms with Crippen molar-refractivity contribution in [1.82, 2.24) is 14.9 Å². The Hall–Kier alpha value is -1.65. The molecule has 0 aromatic carbocycles. The average Bonchev–Trinajstić information content (AvgIpc) is 2.37. The number of rotatable bonds is 3. The summed E-state index contributed by atoms with van der Waals surface area (Å²) in [5, 5.41) is 0. The van der Waals surface area contributed by atoms with Gasteiger partial charge in [0, 0.05) is 24.8 Å². The zero-order valence-electron chi connectivity index (χ0n) is 10.9.